The zero-order chi connectivity index (χ0) is 16.0. The van der Waals surface area contributed by atoms with E-state index in [1.807, 2.05) is 4.90 Å². The van der Waals surface area contributed by atoms with Crippen molar-refractivity contribution in [3.63, 3.8) is 0 Å². The van der Waals surface area contributed by atoms with Gasteiger partial charge in [0.15, 0.2) is 0 Å². The highest BCUT2D eigenvalue weighted by Crippen LogP contribution is 2.22. The van der Waals surface area contributed by atoms with Crippen molar-refractivity contribution in [3.05, 3.63) is 0 Å². The molecule has 0 aromatic carbocycles. The summed E-state index contributed by atoms with van der Waals surface area (Å²) in [4.78, 5) is 17.1. The molecule has 1 aliphatic rings. The van der Waals surface area contributed by atoms with Crippen molar-refractivity contribution >= 4 is 5.91 Å². The van der Waals surface area contributed by atoms with E-state index >= 15 is 0 Å². The third-order valence-electron chi connectivity index (χ3n) is 4.31. The third-order valence-corrected chi connectivity index (χ3v) is 4.31. The average Bonchev–Trinajstić information content (AvgIpc) is 2.39. The van der Waals surface area contributed by atoms with E-state index in [9.17, 15) is 4.79 Å². The zero-order valence-electron chi connectivity index (χ0n) is 14.6. The van der Waals surface area contributed by atoms with Crippen LogP contribution in [0.1, 0.15) is 53.9 Å². The minimum atomic E-state index is 0.268. The van der Waals surface area contributed by atoms with Crippen LogP contribution in [0.15, 0.2) is 0 Å². The third kappa shape index (κ3) is 5.95. The van der Waals surface area contributed by atoms with Gasteiger partial charge in [-0.05, 0) is 31.6 Å². The second-order valence-electron chi connectivity index (χ2n) is 7.43. The van der Waals surface area contributed by atoms with Crippen molar-refractivity contribution in [2.75, 3.05) is 26.2 Å². The van der Waals surface area contributed by atoms with Crippen LogP contribution in [0.25, 0.3) is 0 Å². The molecule has 0 aromatic rings. The summed E-state index contributed by atoms with van der Waals surface area (Å²) in [6, 6.07) is 0.842. The van der Waals surface area contributed by atoms with Crippen LogP contribution in [0.5, 0.6) is 0 Å². The molecule has 2 N–H and O–H groups in total. The van der Waals surface area contributed by atoms with Gasteiger partial charge in [-0.25, -0.2) is 0 Å². The smallest absolute Gasteiger partial charge is 0.236 e. The first-order chi connectivity index (χ1) is 9.85. The van der Waals surface area contributed by atoms with E-state index in [-0.39, 0.29) is 5.91 Å². The molecule has 1 saturated heterocycles. The molecule has 1 amide bonds. The van der Waals surface area contributed by atoms with Gasteiger partial charge in [0.05, 0.1) is 6.54 Å². The van der Waals surface area contributed by atoms with Gasteiger partial charge in [0, 0.05) is 31.7 Å². The van der Waals surface area contributed by atoms with E-state index in [1.165, 1.54) is 12.8 Å². The number of carbonyl (C=O) groups excluding carboxylic acids is 1. The molecule has 0 radical (unpaired) electrons. The fraction of sp³-hybridized carbons (Fsp3) is 0.941. The monoisotopic (exact) mass is 297 g/mol. The Labute approximate surface area is 131 Å². The summed E-state index contributed by atoms with van der Waals surface area (Å²) >= 11 is 0. The summed E-state index contributed by atoms with van der Waals surface area (Å²) < 4.78 is 0. The number of nitrogens with two attached hydrogens (primary N) is 1. The van der Waals surface area contributed by atoms with Crippen LogP contribution in [0, 0.1) is 11.8 Å². The van der Waals surface area contributed by atoms with Crippen LogP contribution in [0.3, 0.4) is 0 Å². The van der Waals surface area contributed by atoms with E-state index in [4.69, 9.17) is 5.73 Å². The minimum Gasteiger partial charge on any atom is -0.341 e. The van der Waals surface area contributed by atoms with Crippen LogP contribution in [0.2, 0.25) is 0 Å². The van der Waals surface area contributed by atoms with E-state index < -0.39 is 0 Å². The van der Waals surface area contributed by atoms with Gasteiger partial charge in [0.2, 0.25) is 5.91 Å². The second-order valence-corrected chi connectivity index (χ2v) is 7.43. The predicted octanol–water partition coefficient (Wildman–Crippen LogP) is 2.33. The lowest BCUT2D eigenvalue weighted by molar-refractivity contribution is -0.135. The summed E-state index contributed by atoms with van der Waals surface area (Å²) in [5.41, 5.74) is 5.90. The lowest BCUT2D eigenvalue weighted by Gasteiger charge is -2.41. The molecule has 2 atom stereocenters. The molecule has 1 rings (SSSR count). The summed E-state index contributed by atoms with van der Waals surface area (Å²) in [5.74, 6) is 1.29. The van der Waals surface area contributed by atoms with Crippen molar-refractivity contribution in [1.82, 2.24) is 9.80 Å². The number of hydrogen-bond acceptors (Lipinski definition) is 3. The number of carbonyl (C=O) groups is 1. The van der Waals surface area contributed by atoms with Crippen molar-refractivity contribution in [2.24, 2.45) is 17.6 Å². The molecule has 124 valence electrons. The number of nitrogens with zero attached hydrogens (tertiary/aromatic N) is 2. The molecule has 0 aromatic heterocycles. The van der Waals surface area contributed by atoms with E-state index in [1.54, 1.807) is 0 Å². The van der Waals surface area contributed by atoms with Crippen LogP contribution in [0.4, 0.5) is 0 Å². The predicted molar refractivity (Wildman–Crippen MR) is 89.1 cm³/mol. The summed E-state index contributed by atoms with van der Waals surface area (Å²) in [5, 5.41) is 0. The standard InChI is InChI=1S/C17H35N3O/c1-13(2)10-19(11-14(3)4)17(21)12-20-15(5)7-6-8-16(20)9-18/h13-16H,6-12,18H2,1-5H3. The molecule has 0 spiro atoms. The maximum absolute atomic E-state index is 12.7. The van der Waals surface area contributed by atoms with Crippen LogP contribution in [-0.2, 0) is 4.79 Å². The molecular weight excluding hydrogens is 262 g/mol. The van der Waals surface area contributed by atoms with Crippen LogP contribution < -0.4 is 5.73 Å². The summed E-state index contributed by atoms with van der Waals surface area (Å²) in [6.45, 7) is 13.8. The Morgan fingerprint density at radius 1 is 1.19 bits per heavy atom. The average molecular weight is 297 g/mol. The Kier molecular flexibility index (Phi) is 7.67. The molecule has 0 saturated carbocycles. The highest BCUT2D eigenvalue weighted by atomic mass is 16.2. The van der Waals surface area contributed by atoms with Gasteiger partial charge in [-0.2, -0.15) is 0 Å². The number of likely N-dealkylation sites (tertiary alicyclic amines) is 1. The first kappa shape index (κ1) is 18.4. The van der Waals surface area contributed by atoms with E-state index in [0.29, 0.717) is 37.0 Å². The van der Waals surface area contributed by atoms with Crippen molar-refractivity contribution in [1.29, 1.82) is 0 Å². The molecule has 2 unspecified atom stereocenters. The number of amides is 1. The molecule has 4 heteroatoms. The summed E-state index contributed by atoms with van der Waals surface area (Å²) in [7, 11) is 0. The van der Waals surface area contributed by atoms with Crippen LogP contribution in [-0.4, -0.2) is 54.0 Å². The van der Waals surface area contributed by atoms with Gasteiger partial charge in [-0.15, -0.1) is 0 Å². The second kappa shape index (κ2) is 8.74. The molecule has 21 heavy (non-hydrogen) atoms. The Morgan fingerprint density at radius 3 is 2.24 bits per heavy atom. The maximum Gasteiger partial charge on any atom is 0.236 e. The largest absolute Gasteiger partial charge is 0.341 e. The fourth-order valence-corrected chi connectivity index (χ4v) is 3.29. The first-order valence-electron chi connectivity index (χ1n) is 8.58. The lowest BCUT2D eigenvalue weighted by atomic mass is 9.96. The zero-order valence-corrected chi connectivity index (χ0v) is 14.6. The maximum atomic E-state index is 12.7. The molecule has 0 bridgehead atoms. The van der Waals surface area contributed by atoms with E-state index in [2.05, 4.69) is 39.5 Å². The highest BCUT2D eigenvalue weighted by molar-refractivity contribution is 5.78. The highest BCUT2D eigenvalue weighted by Gasteiger charge is 2.30. The Morgan fingerprint density at radius 2 is 1.76 bits per heavy atom. The normalized spacial score (nSPS) is 23.8. The fourth-order valence-electron chi connectivity index (χ4n) is 3.29. The minimum absolute atomic E-state index is 0.268. The molecule has 4 nitrogen and oxygen atoms in total. The van der Waals surface area contributed by atoms with Crippen molar-refractivity contribution < 1.29 is 4.79 Å². The molecule has 0 aliphatic carbocycles. The Balaban J connectivity index is 2.69. The van der Waals surface area contributed by atoms with Crippen LogP contribution >= 0.6 is 0 Å². The SMILES string of the molecule is CC(C)CN(CC(C)C)C(=O)CN1C(C)CCCC1CN. The topological polar surface area (TPSA) is 49.6 Å². The van der Waals surface area contributed by atoms with Crippen molar-refractivity contribution in [3.8, 4) is 0 Å². The number of rotatable bonds is 7. The quantitative estimate of drug-likeness (QED) is 0.784. The Bertz CT molecular complexity index is 307. The first-order valence-corrected chi connectivity index (χ1v) is 8.58. The molecule has 1 aliphatic heterocycles. The Hall–Kier alpha value is -0.610. The van der Waals surface area contributed by atoms with Gasteiger partial charge in [-0.3, -0.25) is 9.69 Å². The molecular formula is C17H35N3O. The van der Waals surface area contributed by atoms with Gasteiger partial charge in [0.1, 0.15) is 0 Å². The molecule has 1 fully saturated rings. The number of piperidine rings is 1. The van der Waals surface area contributed by atoms with Gasteiger partial charge >= 0.3 is 0 Å². The van der Waals surface area contributed by atoms with Gasteiger partial charge < -0.3 is 10.6 Å². The van der Waals surface area contributed by atoms with Crippen molar-refractivity contribution in [2.45, 2.75) is 66.0 Å². The van der Waals surface area contributed by atoms with Gasteiger partial charge in [-0.1, -0.05) is 34.1 Å². The van der Waals surface area contributed by atoms with E-state index in [0.717, 1.165) is 19.5 Å². The lowest BCUT2D eigenvalue weighted by Crippen LogP contribution is -2.53. The summed E-state index contributed by atoms with van der Waals surface area (Å²) in [6.07, 6.45) is 3.54. The van der Waals surface area contributed by atoms with Gasteiger partial charge in [0.25, 0.3) is 0 Å². The number of hydrogen-bond donors (Lipinski definition) is 1. The molecule has 1 heterocycles.